The zero-order valence-corrected chi connectivity index (χ0v) is 8.98. The molecule has 0 spiro atoms. The number of ether oxygens (including phenoxy) is 2. The summed E-state index contributed by atoms with van der Waals surface area (Å²) in [6, 6.07) is 9.06. The molecule has 0 fully saturated rings. The van der Waals surface area contributed by atoms with Crippen LogP contribution >= 0.6 is 0 Å². The fourth-order valence-electron chi connectivity index (χ4n) is 1.11. The molecule has 0 aliphatic rings. The normalized spacial score (nSPS) is 9.12. The molecule has 0 aromatic heterocycles. The largest absolute Gasteiger partial charge is 0.494 e. The summed E-state index contributed by atoms with van der Waals surface area (Å²) in [6.07, 6.45) is 5.82. The molecular formula is C13H13NO2. The SMILES string of the molecule is C#CCOCCCOc1ccc(C#N)cc1. The van der Waals surface area contributed by atoms with Crippen LogP contribution in [0.3, 0.4) is 0 Å². The van der Waals surface area contributed by atoms with Crippen molar-refractivity contribution in [3.8, 4) is 24.2 Å². The van der Waals surface area contributed by atoms with Gasteiger partial charge in [-0.1, -0.05) is 5.92 Å². The molecule has 0 N–H and O–H groups in total. The third-order valence-electron chi connectivity index (χ3n) is 1.87. The van der Waals surface area contributed by atoms with Crippen LogP contribution in [-0.2, 0) is 4.74 Å². The number of rotatable bonds is 6. The van der Waals surface area contributed by atoms with E-state index in [0.717, 1.165) is 12.2 Å². The molecule has 0 heterocycles. The van der Waals surface area contributed by atoms with E-state index in [2.05, 4.69) is 12.0 Å². The predicted molar refractivity (Wildman–Crippen MR) is 60.9 cm³/mol. The highest BCUT2D eigenvalue weighted by molar-refractivity contribution is 5.34. The molecule has 3 nitrogen and oxygen atoms in total. The maximum Gasteiger partial charge on any atom is 0.119 e. The van der Waals surface area contributed by atoms with Gasteiger partial charge in [0.15, 0.2) is 0 Å². The number of terminal acetylenes is 1. The van der Waals surface area contributed by atoms with Crippen LogP contribution in [0.15, 0.2) is 24.3 Å². The van der Waals surface area contributed by atoms with Crippen molar-refractivity contribution in [1.29, 1.82) is 5.26 Å². The van der Waals surface area contributed by atoms with Gasteiger partial charge in [0.2, 0.25) is 0 Å². The minimum Gasteiger partial charge on any atom is -0.494 e. The van der Waals surface area contributed by atoms with Crippen LogP contribution in [0.5, 0.6) is 5.75 Å². The van der Waals surface area contributed by atoms with Gasteiger partial charge in [0.05, 0.1) is 24.8 Å². The van der Waals surface area contributed by atoms with Crippen molar-refractivity contribution in [2.45, 2.75) is 6.42 Å². The van der Waals surface area contributed by atoms with E-state index in [1.54, 1.807) is 24.3 Å². The summed E-state index contributed by atoms with van der Waals surface area (Å²) in [5.41, 5.74) is 0.629. The van der Waals surface area contributed by atoms with E-state index in [1.165, 1.54) is 0 Å². The zero-order valence-electron chi connectivity index (χ0n) is 8.98. The lowest BCUT2D eigenvalue weighted by molar-refractivity contribution is 0.147. The number of benzene rings is 1. The quantitative estimate of drug-likeness (QED) is 0.538. The molecule has 0 unspecified atom stereocenters. The monoisotopic (exact) mass is 215 g/mol. The van der Waals surface area contributed by atoms with Gasteiger partial charge in [-0.2, -0.15) is 5.26 Å². The first-order valence-electron chi connectivity index (χ1n) is 5.01. The molecule has 1 aromatic carbocycles. The van der Waals surface area contributed by atoms with E-state index >= 15 is 0 Å². The summed E-state index contributed by atoms with van der Waals surface area (Å²) < 4.78 is 10.5. The van der Waals surface area contributed by atoms with Crippen molar-refractivity contribution < 1.29 is 9.47 Å². The van der Waals surface area contributed by atoms with Crippen LogP contribution in [-0.4, -0.2) is 19.8 Å². The van der Waals surface area contributed by atoms with Gasteiger partial charge < -0.3 is 9.47 Å². The lowest BCUT2D eigenvalue weighted by atomic mass is 10.2. The summed E-state index contributed by atoms with van der Waals surface area (Å²) >= 11 is 0. The predicted octanol–water partition coefficient (Wildman–Crippen LogP) is 1.98. The minimum atomic E-state index is 0.344. The average Bonchev–Trinajstić information content (AvgIpc) is 2.34. The Morgan fingerprint density at radius 1 is 1.19 bits per heavy atom. The van der Waals surface area contributed by atoms with E-state index in [0.29, 0.717) is 25.4 Å². The molecule has 1 rings (SSSR count). The van der Waals surface area contributed by atoms with Crippen LogP contribution in [0, 0.1) is 23.7 Å². The second-order valence-corrected chi connectivity index (χ2v) is 3.09. The highest BCUT2D eigenvalue weighted by Crippen LogP contribution is 2.11. The van der Waals surface area contributed by atoms with Gasteiger partial charge >= 0.3 is 0 Å². The van der Waals surface area contributed by atoms with Crippen molar-refractivity contribution in [2.75, 3.05) is 19.8 Å². The van der Waals surface area contributed by atoms with Crippen LogP contribution < -0.4 is 4.74 Å². The molecule has 0 aliphatic carbocycles. The highest BCUT2D eigenvalue weighted by atomic mass is 16.5. The Morgan fingerprint density at radius 2 is 1.94 bits per heavy atom. The minimum absolute atomic E-state index is 0.344. The maximum atomic E-state index is 8.60. The Hall–Kier alpha value is -1.97. The van der Waals surface area contributed by atoms with Crippen LogP contribution in [0.2, 0.25) is 0 Å². The lowest BCUT2D eigenvalue weighted by Gasteiger charge is -2.05. The molecule has 1 aromatic rings. The molecule has 16 heavy (non-hydrogen) atoms. The molecule has 82 valence electrons. The van der Waals surface area contributed by atoms with Gasteiger partial charge in [0.25, 0.3) is 0 Å². The maximum absolute atomic E-state index is 8.60. The van der Waals surface area contributed by atoms with Gasteiger partial charge in [-0.15, -0.1) is 6.42 Å². The van der Waals surface area contributed by atoms with Crippen LogP contribution in [0.1, 0.15) is 12.0 Å². The second-order valence-electron chi connectivity index (χ2n) is 3.09. The first-order chi connectivity index (χ1) is 7.86. The van der Waals surface area contributed by atoms with Crippen molar-refractivity contribution in [3.05, 3.63) is 29.8 Å². The third kappa shape index (κ3) is 4.50. The number of nitriles is 1. The van der Waals surface area contributed by atoms with Crippen molar-refractivity contribution >= 4 is 0 Å². The van der Waals surface area contributed by atoms with E-state index < -0.39 is 0 Å². The van der Waals surface area contributed by atoms with Crippen LogP contribution in [0.4, 0.5) is 0 Å². The third-order valence-corrected chi connectivity index (χ3v) is 1.87. The van der Waals surface area contributed by atoms with Gasteiger partial charge in [0, 0.05) is 6.42 Å². The molecule has 0 saturated carbocycles. The van der Waals surface area contributed by atoms with E-state index in [1.807, 2.05) is 0 Å². The summed E-state index contributed by atoms with van der Waals surface area (Å²) in [4.78, 5) is 0. The lowest BCUT2D eigenvalue weighted by Crippen LogP contribution is -2.03. The first kappa shape index (κ1) is 12.1. The Kier molecular flexibility index (Phi) is 5.55. The van der Waals surface area contributed by atoms with E-state index in [4.69, 9.17) is 21.2 Å². The standard InChI is InChI=1S/C13H13NO2/c1-2-8-15-9-3-10-16-13-6-4-12(11-14)5-7-13/h1,4-7H,3,8-10H2. The first-order valence-corrected chi connectivity index (χ1v) is 5.01. The Bertz CT molecular complexity index is 384. The molecule has 0 bridgehead atoms. The van der Waals surface area contributed by atoms with Crippen molar-refractivity contribution in [1.82, 2.24) is 0 Å². The van der Waals surface area contributed by atoms with Crippen LogP contribution in [0.25, 0.3) is 0 Å². The Morgan fingerprint density at radius 3 is 2.56 bits per heavy atom. The molecule has 0 radical (unpaired) electrons. The molecular weight excluding hydrogens is 202 g/mol. The average molecular weight is 215 g/mol. The molecule has 0 saturated heterocycles. The van der Waals surface area contributed by atoms with Gasteiger partial charge in [0.1, 0.15) is 12.4 Å². The molecule has 0 atom stereocenters. The summed E-state index contributed by atoms with van der Waals surface area (Å²) in [5.74, 6) is 3.16. The fourth-order valence-corrected chi connectivity index (χ4v) is 1.11. The highest BCUT2D eigenvalue weighted by Gasteiger charge is 1.94. The summed E-state index contributed by atoms with van der Waals surface area (Å²) in [6.45, 7) is 1.52. The Balaban J connectivity index is 2.18. The summed E-state index contributed by atoms with van der Waals surface area (Å²) in [5, 5.41) is 8.60. The molecule has 0 amide bonds. The molecule has 3 heteroatoms. The van der Waals surface area contributed by atoms with Gasteiger partial charge in [-0.3, -0.25) is 0 Å². The number of hydrogen-bond acceptors (Lipinski definition) is 3. The zero-order chi connectivity index (χ0) is 11.6. The van der Waals surface area contributed by atoms with Gasteiger partial charge in [-0.05, 0) is 24.3 Å². The number of nitrogens with zero attached hydrogens (tertiary/aromatic N) is 1. The van der Waals surface area contributed by atoms with E-state index in [9.17, 15) is 0 Å². The second kappa shape index (κ2) is 7.34. The van der Waals surface area contributed by atoms with E-state index in [-0.39, 0.29) is 0 Å². The van der Waals surface area contributed by atoms with Crippen molar-refractivity contribution in [2.24, 2.45) is 0 Å². The smallest absolute Gasteiger partial charge is 0.119 e. The fraction of sp³-hybridized carbons (Fsp3) is 0.308. The van der Waals surface area contributed by atoms with Gasteiger partial charge in [-0.25, -0.2) is 0 Å². The summed E-state index contributed by atoms with van der Waals surface area (Å²) in [7, 11) is 0. The molecule has 0 aliphatic heterocycles. The Labute approximate surface area is 95.6 Å². The number of hydrogen-bond donors (Lipinski definition) is 0. The van der Waals surface area contributed by atoms with Crippen molar-refractivity contribution in [3.63, 3.8) is 0 Å². The topological polar surface area (TPSA) is 42.2 Å².